The maximum atomic E-state index is 12.6. The first-order chi connectivity index (χ1) is 12.0. The van der Waals surface area contributed by atoms with Crippen LogP contribution in [0.4, 0.5) is 4.79 Å². The van der Waals surface area contributed by atoms with Crippen molar-refractivity contribution in [1.82, 2.24) is 14.8 Å². The fourth-order valence-electron chi connectivity index (χ4n) is 3.85. The summed E-state index contributed by atoms with van der Waals surface area (Å²) < 4.78 is 13.7. The van der Waals surface area contributed by atoms with E-state index in [4.69, 9.17) is 9.47 Å². The average Bonchev–Trinajstić information content (AvgIpc) is 3.22. The Kier molecular flexibility index (Phi) is 5.69. The van der Waals surface area contributed by atoms with Crippen molar-refractivity contribution >= 4 is 6.03 Å². The second-order valence-electron chi connectivity index (χ2n) is 7.50. The third-order valence-electron chi connectivity index (χ3n) is 5.57. The highest BCUT2D eigenvalue weighted by Crippen LogP contribution is 2.34. The van der Waals surface area contributed by atoms with Gasteiger partial charge in [0.1, 0.15) is 0 Å². The highest BCUT2D eigenvalue weighted by Gasteiger charge is 2.42. The lowest BCUT2D eigenvalue weighted by Crippen LogP contribution is -2.52. The van der Waals surface area contributed by atoms with Crippen LogP contribution in [0.1, 0.15) is 38.8 Å². The lowest BCUT2D eigenvalue weighted by atomic mass is 9.90. The number of rotatable bonds is 5. The monoisotopic (exact) mass is 349 g/mol. The van der Waals surface area contributed by atoms with Gasteiger partial charge in [-0.2, -0.15) is 0 Å². The van der Waals surface area contributed by atoms with Gasteiger partial charge >= 0.3 is 6.03 Å². The average molecular weight is 349 g/mol. The Labute approximate surface area is 150 Å². The third kappa shape index (κ3) is 4.36. The van der Waals surface area contributed by atoms with Crippen LogP contribution in [-0.4, -0.2) is 53.6 Å². The molecule has 0 bridgehead atoms. The van der Waals surface area contributed by atoms with Gasteiger partial charge in [0.15, 0.2) is 5.79 Å². The maximum Gasteiger partial charge on any atom is 0.317 e. The zero-order valence-electron chi connectivity index (χ0n) is 15.7. The number of ether oxygens (including phenoxy) is 2. The van der Waals surface area contributed by atoms with Crippen LogP contribution in [-0.2, 0) is 22.9 Å². The van der Waals surface area contributed by atoms with Crippen molar-refractivity contribution in [3.8, 4) is 0 Å². The van der Waals surface area contributed by atoms with Gasteiger partial charge in [-0.05, 0) is 51.7 Å². The molecular weight excluding hydrogens is 318 g/mol. The first kappa shape index (κ1) is 18.3. The van der Waals surface area contributed by atoms with Crippen LogP contribution in [0.5, 0.6) is 0 Å². The van der Waals surface area contributed by atoms with Crippen molar-refractivity contribution in [1.29, 1.82) is 0 Å². The number of amides is 2. The third-order valence-corrected chi connectivity index (χ3v) is 5.57. The molecule has 2 fully saturated rings. The smallest absolute Gasteiger partial charge is 0.317 e. The molecule has 2 aliphatic heterocycles. The van der Waals surface area contributed by atoms with Crippen LogP contribution in [0.25, 0.3) is 0 Å². The standard InChI is InChI=1S/C19H31N3O3/c1-15(8-9-17-7-5-10-21(17)3)20-18(23)22-11-4-6-16(14-22)19(2)24-12-13-25-19/h5,7,10,15-16H,4,6,8-9,11-14H2,1-3H3,(H,20,23)/t15-,16+/m1/s1. The molecule has 0 unspecified atom stereocenters. The Hall–Kier alpha value is -1.53. The summed E-state index contributed by atoms with van der Waals surface area (Å²) >= 11 is 0. The number of nitrogens with zero attached hydrogens (tertiary/aromatic N) is 2. The van der Waals surface area contributed by atoms with Gasteiger partial charge in [-0.15, -0.1) is 0 Å². The number of hydrogen-bond donors (Lipinski definition) is 1. The minimum absolute atomic E-state index is 0.0330. The van der Waals surface area contributed by atoms with Crippen LogP contribution < -0.4 is 5.32 Å². The molecule has 0 radical (unpaired) electrons. The van der Waals surface area contributed by atoms with Crippen molar-refractivity contribution in [3.63, 3.8) is 0 Å². The molecule has 25 heavy (non-hydrogen) atoms. The molecule has 0 aliphatic carbocycles. The second kappa shape index (κ2) is 7.79. The summed E-state index contributed by atoms with van der Waals surface area (Å²) in [6, 6.07) is 4.37. The maximum absolute atomic E-state index is 12.6. The zero-order valence-corrected chi connectivity index (χ0v) is 15.7. The molecule has 2 amide bonds. The summed E-state index contributed by atoms with van der Waals surface area (Å²) in [7, 11) is 2.06. The van der Waals surface area contributed by atoms with Gasteiger partial charge in [0.2, 0.25) is 0 Å². The number of carbonyl (C=O) groups is 1. The molecular formula is C19H31N3O3. The lowest BCUT2D eigenvalue weighted by molar-refractivity contribution is -0.189. The minimum atomic E-state index is -0.531. The van der Waals surface area contributed by atoms with E-state index in [1.54, 1.807) is 0 Å². The highest BCUT2D eigenvalue weighted by molar-refractivity contribution is 5.74. The summed E-state index contributed by atoms with van der Waals surface area (Å²) in [5.41, 5.74) is 1.29. The number of hydrogen-bond acceptors (Lipinski definition) is 3. The number of likely N-dealkylation sites (tertiary alicyclic amines) is 1. The predicted octanol–water partition coefficient (Wildman–Crippen LogP) is 2.53. The largest absolute Gasteiger partial charge is 0.354 e. The van der Waals surface area contributed by atoms with Gasteiger partial charge < -0.3 is 24.3 Å². The number of aryl methyl sites for hydroxylation is 2. The minimum Gasteiger partial charge on any atom is -0.354 e. The van der Waals surface area contributed by atoms with Gasteiger partial charge in [-0.1, -0.05) is 0 Å². The van der Waals surface area contributed by atoms with Gasteiger partial charge in [-0.25, -0.2) is 4.79 Å². The topological polar surface area (TPSA) is 55.7 Å². The van der Waals surface area contributed by atoms with Crippen LogP contribution in [0.3, 0.4) is 0 Å². The van der Waals surface area contributed by atoms with Crippen LogP contribution in [0.15, 0.2) is 18.3 Å². The Balaban J connectivity index is 1.47. The highest BCUT2D eigenvalue weighted by atomic mass is 16.7. The van der Waals surface area contributed by atoms with E-state index in [2.05, 4.69) is 42.2 Å². The molecule has 0 saturated carbocycles. The van der Waals surface area contributed by atoms with E-state index in [9.17, 15) is 4.79 Å². The summed E-state index contributed by atoms with van der Waals surface area (Å²) in [5, 5.41) is 3.15. The van der Waals surface area contributed by atoms with Crippen LogP contribution in [0, 0.1) is 5.92 Å². The van der Waals surface area contributed by atoms with Gasteiger partial charge in [0, 0.05) is 44.0 Å². The van der Waals surface area contributed by atoms with E-state index in [1.165, 1.54) is 5.69 Å². The van der Waals surface area contributed by atoms with Crippen molar-refractivity contribution in [2.75, 3.05) is 26.3 Å². The molecule has 6 heteroatoms. The molecule has 2 saturated heterocycles. The number of piperidine rings is 1. The van der Waals surface area contributed by atoms with E-state index >= 15 is 0 Å². The van der Waals surface area contributed by atoms with Crippen molar-refractivity contribution in [2.45, 2.75) is 51.4 Å². The Morgan fingerprint density at radius 1 is 1.44 bits per heavy atom. The van der Waals surface area contributed by atoms with E-state index in [1.807, 2.05) is 11.8 Å². The molecule has 1 aromatic heterocycles. The first-order valence-corrected chi connectivity index (χ1v) is 9.41. The van der Waals surface area contributed by atoms with E-state index in [-0.39, 0.29) is 18.0 Å². The molecule has 1 aromatic rings. The number of aromatic nitrogens is 1. The molecule has 2 atom stereocenters. The molecule has 3 rings (SSSR count). The Bertz CT molecular complexity index is 580. The Morgan fingerprint density at radius 3 is 2.88 bits per heavy atom. The van der Waals surface area contributed by atoms with E-state index in [0.717, 1.165) is 32.2 Å². The zero-order chi connectivity index (χ0) is 17.9. The molecule has 0 aromatic carbocycles. The molecule has 2 aliphatic rings. The van der Waals surface area contributed by atoms with E-state index in [0.29, 0.717) is 19.8 Å². The first-order valence-electron chi connectivity index (χ1n) is 9.41. The lowest BCUT2D eigenvalue weighted by Gasteiger charge is -2.40. The summed E-state index contributed by atoms with van der Waals surface area (Å²) in [5.74, 6) is -0.287. The molecule has 1 N–H and O–H groups in total. The molecule has 6 nitrogen and oxygen atoms in total. The molecule has 140 valence electrons. The van der Waals surface area contributed by atoms with Gasteiger partial charge in [0.05, 0.1) is 13.2 Å². The van der Waals surface area contributed by atoms with Crippen molar-refractivity contribution < 1.29 is 14.3 Å². The normalized spacial score (nSPS) is 24.3. The Morgan fingerprint density at radius 2 is 2.20 bits per heavy atom. The fourth-order valence-corrected chi connectivity index (χ4v) is 3.85. The summed E-state index contributed by atoms with van der Waals surface area (Å²) in [6.07, 6.45) is 6.00. The molecule has 3 heterocycles. The molecule has 0 spiro atoms. The van der Waals surface area contributed by atoms with Gasteiger partial charge in [-0.3, -0.25) is 0 Å². The SMILES string of the molecule is C[C@H](CCc1cccn1C)NC(=O)N1CCC[C@H](C2(C)OCCO2)C1. The number of nitrogens with one attached hydrogen (secondary N) is 1. The van der Waals surface area contributed by atoms with Crippen LogP contribution >= 0.6 is 0 Å². The van der Waals surface area contributed by atoms with Crippen LogP contribution in [0.2, 0.25) is 0 Å². The predicted molar refractivity (Wildman–Crippen MR) is 96.3 cm³/mol. The van der Waals surface area contributed by atoms with Crippen molar-refractivity contribution in [2.24, 2.45) is 13.0 Å². The van der Waals surface area contributed by atoms with Crippen molar-refractivity contribution in [3.05, 3.63) is 24.0 Å². The summed E-state index contributed by atoms with van der Waals surface area (Å²) in [6.45, 7) is 6.89. The van der Waals surface area contributed by atoms with Gasteiger partial charge in [0.25, 0.3) is 0 Å². The quantitative estimate of drug-likeness (QED) is 0.889. The van der Waals surface area contributed by atoms with E-state index < -0.39 is 5.79 Å². The fraction of sp³-hybridized carbons (Fsp3) is 0.737. The second-order valence-corrected chi connectivity index (χ2v) is 7.50. The number of urea groups is 1. The number of carbonyl (C=O) groups excluding carboxylic acids is 1. The summed E-state index contributed by atoms with van der Waals surface area (Å²) in [4.78, 5) is 14.5.